The summed E-state index contributed by atoms with van der Waals surface area (Å²) in [7, 11) is 0. The van der Waals surface area contributed by atoms with Gasteiger partial charge >= 0.3 is 12.1 Å². The number of amides is 2. The molecule has 2 aromatic carbocycles. The smallest absolute Gasteiger partial charge is 0.410 e. The van der Waals surface area contributed by atoms with E-state index in [-0.39, 0.29) is 23.4 Å². The third-order valence-corrected chi connectivity index (χ3v) is 6.67. The Kier molecular flexibility index (Phi) is 6.19. The van der Waals surface area contributed by atoms with Crippen LogP contribution in [0.1, 0.15) is 58.4 Å². The molecule has 9 nitrogen and oxygen atoms in total. The number of aromatic carboxylic acids is 1. The average molecular weight is 523 g/mol. The molecule has 0 aliphatic carbocycles. The van der Waals surface area contributed by atoms with Crippen molar-refractivity contribution in [1.29, 1.82) is 0 Å². The van der Waals surface area contributed by atoms with E-state index in [4.69, 9.17) is 16.3 Å². The lowest BCUT2D eigenvalue weighted by Crippen LogP contribution is -2.41. The van der Waals surface area contributed by atoms with Gasteiger partial charge in [0.05, 0.1) is 5.69 Å². The summed E-state index contributed by atoms with van der Waals surface area (Å²) in [5.74, 6) is -1.53. The number of benzene rings is 2. The Balaban J connectivity index is 1.48. The fraction of sp³-hybridized carbons (Fsp3) is 0.333. The van der Waals surface area contributed by atoms with Crippen LogP contribution in [-0.4, -0.2) is 56.4 Å². The highest BCUT2D eigenvalue weighted by molar-refractivity contribution is 6.30. The van der Waals surface area contributed by atoms with Crippen LogP contribution in [0.5, 0.6) is 0 Å². The first-order valence-electron chi connectivity index (χ1n) is 12.0. The van der Waals surface area contributed by atoms with Gasteiger partial charge in [0.1, 0.15) is 11.3 Å². The predicted molar refractivity (Wildman–Crippen MR) is 138 cm³/mol. The van der Waals surface area contributed by atoms with E-state index >= 15 is 0 Å². The van der Waals surface area contributed by atoms with E-state index in [2.05, 4.69) is 5.10 Å². The van der Waals surface area contributed by atoms with Gasteiger partial charge in [-0.2, -0.15) is 5.10 Å². The molecular weight excluding hydrogens is 496 g/mol. The number of carbonyl (C=O) groups is 3. The average Bonchev–Trinajstić information content (AvgIpc) is 3.23. The van der Waals surface area contributed by atoms with Gasteiger partial charge in [0, 0.05) is 35.9 Å². The summed E-state index contributed by atoms with van der Waals surface area (Å²) >= 11 is 6.16. The van der Waals surface area contributed by atoms with Crippen molar-refractivity contribution in [1.82, 2.24) is 14.7 Å². The topological polar surface area (TPSA) is 105 Å². The summed E-state index contributed by atoms with van der Waals surface area (Å²) in [6, 6.07) is 12.6. The van der Waals surface area contributed by atoms with Crippen LogP contribution in [0.2, 0.25) is 5.02 Å². The molecule has 0 bridgehead atoms. The Labute approximate surface area is 219 Å². The van der Waals surface area contributed by atoms with E-state index in [1.54, 1.807) is 34.1 Å². The van der Waals surface area contributed by atoms with Crippen LogP contribution in [0.25, 0.3) is 5.69 Å². The van der Waals surface area contributed by atoms with Gasteiger partial charge in [0.25, 0.3) is 5.91 Å². The Hall–Kier alpha value is -3.85. The second-order valence-corrected chi connectivity index (χ2v) is 10.6. The first kappa shape index (κ1) is 24.8. The van der Waals surface area contributed by atoms with E-state index in [1.165, 1.54) is 4.68 Å². The largest absolute Gasteiger partial charge is 0.476 e. The van der Waals surface area contributed by atoms with Crippen LogP contribution in [-0.2, 0) is 24.1 Å². The molecule has 0 atom stereocenters. The molecule has 5 rings (SSSR count). The number of ether oxygens (including phenoxy) is 1. The zero-order chi connectivity index (χ0) is 26.5. The summed E-state index contributed by atoms with van der Waals surface area (Å²) in [5, 5.41) is 14.4. The van der Waals surface area contributed by atoms with Gasteiger partial charge in [-0.3, -0.25) is 4.79 Å². The lowest BCUT2D eigenvalue weighted by atomic mass is 9.97. The highest BCUT2D eigenvalue weighted by Gasteiger charge is 2.35. The minimum Gasteiger partial charge on any atom is -0.476 e. The lowest BCUT2D eigenvalue weighted by Gasteiger charge is -2.33. The molecular formula is C27H27ClN4O5. The van der Waals surface area contributed by atoms with Gasteiger partial charge in [-0.1, -0.05) is 23.7 Å². The molecule has 0 saturated carbocycles. The number of halogens is 1. The fourth-order valence-corrected chi connectivity index (χ4v) is 4.95. The standard InChI is InChI=1S/C27H27ClN4O5/c1-27(2,3)37-26(36)30-11-9-16-7-8-19(13-17(16)15-30)31-12-10-21-22(25(34)35)29-32(23(21)24(31)33)20-6-4-5-18(28)14-20/h4-8,13-14H,9-12,15H2,1-3H3,(H,34,35). The van der Waals surface area contributed by atoms with Crippen LogP contribution in [0.4, 0.5) is 10.5 Å². The first-order valence-corrected chi connectivity index (χ1v) is 12.4. The monoisotopic (exact) mass is 522 g/mol. The molecule has 2 aliphatic rings. The minimum atomic E-state index is -1.19. The first-order chi connectivity index (χ1) is 17.5. The normalized spacial score (nSPS) is 15.3. The van der Waals surface area contributed by atoms with Gasteiger partial charge in [0.15, 0.2) is 5.69 Å². The quantitative estimate of drug-likeness (QED) is 0.533. The second-order valence-electron chi connectivity index (χ2n) is 10.2. The molecule has 0 unspecified atom stereocenters. The van der Waals surface area contributed by atoms with Gasteiger partial charge in [-0.15, -0.1) is 0 Å². The molecule has 1 N–H and O–H groups in total. The van der Waals surface area contributed by atoms with Crippen molar-refractivity contribution in [3.63, 3.8) is 0 Å². The maximum Gasteiger partial charge on any atom is 0.410 e. The van der Waals surface area contributed by atoms with E-state index in [0.29, 0.717) is 54.4 Å². The maximum absolute atomic E-state index is 13.8. The number of hydrogen-bond donors (Lipinski definition) is 1. The highest BCUT2D eigenvalue weighted by Crippen LogP contribution is 2.32. The van der Waals surface area contributed by atoms with E-state index in [0.717, 1.165) is 11.1 Å². The Morgan fingerprint density at radius 2 is 1.81 bits per heavy atom. The van der Waals surface area contributed by atoms with Crippen molar-refractivity contribution in [2.24, 2.45) is 0 Å². The summed E-state index contributed by atoms with van der Waals surface area (Å²) in [6.45, 7) is 6.75. The highest BCUT2D eigenvalue weighted by atomic mass is 35.5. The van der Waals surface area contributed by atoms with E-state index in [1.807, 2.05) is 39.0 Å². The molecule has 37 heavy (non-hydrogen) atoms. The summed E-state index contributed by atoms with van der Waals surface area (Å²) in [5.41, 5.74) is 3.13. The van der Waals surface area contributed by atoms with Crippen molar-refractivity contribution < 1.29 is 24.2 Å². The van der Waals surface area contributed by atoms with Gasteiger partial charge in [0.2, 0.25) is 0 Å². The lowest BCUT2D eigenvalue weighted by molar-refractivity contribution is 0.0223. The molecule has 0 spiro atoms. The molecule has 10 heteroatoms. The van der Waals surface area contributed by atoms with Gasteiger partial charge in [-0.05, 0) is 75.1 Å². The molecule has 2 aliphatic heterocycles. The Morgan fingerprint density at radius 3 is 2.51 bits per heavy atom. The van der Waals surface area contributed by atoms with Crippen molar-refractivity contribution in [2.45, 2.75) is 45.8 Å². The SMILES string of the molecule is CC(C)(C)OC(=O)N1CCc2ccc(N3CCc4c(C(=O)O)nn(-c5cccc(Cl)c5)c4C3=O)cc2C1. The molecule has 0 fully saturated rings. The number of carboxylic acid groups (broad SMARTS) is 1. The number of fused-ring (bicyclic) bond motifs is 2. The third kappa shape index (κ3) is 4.79. The minimum absolute atomic E-state index is 0.138. The van der Waals surface area contributed by atoms with E-state index in [9.17, 15) is 19.5 Å². The molecule has 3 aromatic rings. The number of hydrogen-bond acceptors (Lipinski definition) is 5. The van der Waals surface area contributed by atoms with Crippen LogP contribution in [0.15, 0.2) is 42.5 Å². The van der Waals surface area contributed by atoms with Crippen molar-refractivity contribution in [3.8, 4) is 5.69 Å². The van der Waals surface area contributed by atoms with Crippen molar-refractivity contribution >= 4 is 35.3 Å². The molecule has 2 amide bonds. The van der Waals surface area contributed by atoms with E-state index < -0.39 is 11.6 Å². The number of aromatic nitrogens is 2. The van der Waals surface area contributed by atoms with Crippen LogP contribution in [0.3, 0.4) is 0 Å². The molecule has 1 aromatic heterocycles. The number of carboxylic acids is 1. The summed E-state index contributed by atoms with van der Waals surface area (Å²) in [6.07, 6.45) is 0.662. The summed E-state index contributed by atoms with van der Waals surface area (Å²) < 4.78 is 6.90. The molecule has 3 heterocycles. The van der Waals surface area contributed by atoms with Gasteiger partial charge < -0.3 is 19.6 Å². The van der Waals surface area contributed by atoms with Crippen molar-refractivity contribution in [2.75, 3.05) is 18.0 Å². The second kappa shape index (κ2) is 9.23. The number of nitrogens with zero attached hydrogens (tertiary/aromatic N) is 4. The zero-order valence-electron chi connectivity index (χ0n) is 20.8. The predicted octanol–water partition coefficient (Wildman–Crippen LogP) is 4.72. The zero-order valence-corrected chi connectivity index (χ0v) is 21.6. The Bertz CT molecular complexity index is 1420. The molecule has 0 radical (unpaired) electrons. The summed E-state index contributed by atoms with van der Waals surface area (Å²) in [4.78, 5) is 41.6. The fourth-order valence-electron chi connectivity index (χ4n) is 4.77. The molecule has 0 saturated heterocycles. The van der Waals surface area contributed by atoms with Crippen LogP contribution < -0.4 is 4.90 Å². The van der Waals surface area contributed by atoms with Crippen LogP contribution in [0, 0.1) is 0 Å². The molecule has 192 valence electrons. The third-order valence-electron chi connectivity index (χ3n) is 6.44. The maximum atomic E-state index is 13.8. The number of rotatable bonds is 3. The Morgan fingerprint density at radius 1 is 1.03 bits per heavy atom. The van der Waals surface area contributed by atoms with Crippen LogP contribution >= 0.6 is 11.6 Å². The number of carbonyl (C=O) groups excluding carboxylic acids is 2. The van der Waals surface area contributed by atoms with Crippen molar-refractivity contribution in [3.05, 3.63) is 75.6 Å². The number of anilines is 1. The van der Waals surface area contributed by atoms with Gasteiger partial charge in [-0.25, -0.2) is 14.3 Å².